The van der Waals surface area contributed by atoms with Crippen LogP contribution >= 0.6 is 0 Å². The van der Waals surface area contributed by atoms with Crippen LogP contribution in [0.4, 0.5) is 5.82 Å². The maximum atomic E-state index is 12.2. The second-order valence-electron chi connectivity index (χ2n) is 5.68. The Balaban J connectivity index is 1.46. The van der Waals surface area contributed by atoms with Crippen LogP contribution in [0.2, 0.25) is 0 Å². The van der Waals surface area contributed by atoms with Crippen LogP contribution in [0.5, 0.6) is 0 Å². The van der Waals surface area contributed by atoms with Gasteiger partial charge in [0.25, 0.3) is 0 Å². The highest BCUT2D eigenvalue weighted by Gasteiger charge is 2.20. The Morgan fingerprint density at radius 2 is 2.09 bits per heavy atom. The largest absolute Gasteiger partial charge is 0.354 e. The number of benzene rings is 1. The Morgan fingerprint density at radius 3 is 2.87 bits per heavy atom. The molecule has 0 aliphatic carbocycles. The predicted molar refractivity (Wildman–Crippen MR) is 93.0 cm³/mol. The molecule has 1 aliphatic heterocycles. The Hall–Kier alpha value is -1.79. The average Bonchev–Trinajstić information content (AvgIpc) is 2.63. The fraction of sp³-hybridized carbons (Fsp3) is 0.412. The third-order valence-electron chi connectivity index (χ3n) is 4.03. The van der Waals surface area contributed by atoms with E-state index >= 15 is 0 Å². The number of nitrogens with zero attached hydrogens (tertiary/aromatic N) is 3. The van der Waals surface area contributed by atoms with Gasteiger partial charge in [-0.05, 0) is 37.1 Å². The predicted octanol–water partition coefficient (Wildman–Crippen LogP) is 1.84. The minimum absolute atomic E-state index is 0.415. The highest BCUT2D eigenvalue weighted by atomic mass is 32.2. The zero-order valence-corrected chi connectivity index (χ0v) is 13.9. The number of nitrogens with one attached hydrogen (secondary N) is 1. The van der Waals surface area contributed by atoms with Crippen molar-refractivity contribution < 1.29 is 4.21 Å². The Labute approximate surface area is 139 Å². The fourth-order valence-electron chi connectivity index (χ4n) is 2.86. The molecule has 1 N–H and O–H groups in total. The SMILES string of the molecule is O=[S@](CCN[C@H]1CCCN(c2cccnn2)C1)c1ccccc1. The van der Waals surface area contributed by atoms with Gasteiger partial charge in [-0.2, -0.15) is 5.10 Å². The summed E-state index contributed by atoms with van der Waals surface area (Å²) < 4.78 is 12.2. The van der Waals surface area contributed by atoms with Gasteiger partial charge in [-0.1, -0.05) is 18.2 Å². The lowest BCUT2D eigenvalue weighted by molar-refractivity contribution is 0.429. The number of aromatic nitrogens is 2. The first-order chi connectivity index (χ1) is 11.3. The van der Waals surface area contributed by atoms with Gasteiger partial charge in [-0.25, -0.2) is 0 Å². The molecule has 0 bridgehead atoms. The second-order valence-corrected chi connectivity index (χ2v) is 7.25. The summed E-state index contributed by atoms with van der Waals surface area (Å²) in [4.78, 5) is 3.17. The second kappa shape index (κ2) is 8.17. The number of anilines is 1. The lowest BCUT2D eigenvalue weighted by atomic mass is 10.1. The smallest absolute Gasteiger partial charge is 0.151 e. The van der Waals surface area contributed by atoms with Crippen LogP contribution in [0.1, 0.15) is 12.8 Å². The van der Waals surface area contributed by atoms with Crippen LogP contribution in [0.25, 0.3) is 0 Å². The van der Waals surface area contributed by atoms with Crippen LogP contribution in [-0.4, -0.2) is 45.8 Å². The van der Waals surface area contributed by atoms with E-state index in [9.17, 15) is 4.21 Å². The van der Waals surface area contributed by atoms with E-state index in [2.05, 4.69) is 20.4 Å². The van der Waals surface area contributed by atoms with Gasteiger partial charge in [0.05, 0.1) is 10.8 Å². The van der Waals surface area contributed by atoms with Crippen LogP contribution in [-0.2, 0) is 10.8 Å². The van der Waals surface area contributed by atoms with Crippen molar-refractivity contribution in [2.75, 3.05) is 30.3 Å². The molecule has 122 valence electrons. The summed E-state index contributed by atoms with van der Waals surface area (Å²) in [5.41, 5.74) is 0. The van der Waals surface area contributed by atoms with Crippen molar-refractivity contribution in [2.45, 2.75) is 23.8 Å². The van der Waals surface area contributed by atoms with E-state index in [1.54, 1.807) is 6.20 Å². The van der Waals surface area contributed by atoms with Crippen molar-refractivity contribution in [3.05, 3.63) is 48.7 Å². The molecular formula is C17H22N4OS. The molecule has 0 unspecified atom stereocenters. The number of hydrogen-bond acceptors (Lipinski definition) is 5. The van der Waals surface area contributed by atoms with Crippen molar-refractivity contribution in [1.29, 1.82) is 0 Å². The van der Waals surface area contributed by atoms with Crippen LogP contribution < -0.4 is 10.2 Å². The first-order valence-corrected chi connectivity index (χ1v) is 9.34. The fourth-order valence-corrected chi connectivity index (χ4v) is 3.86. The average molecular weight is 330 g/mol. The van der Waals surface area contributed by atoms with E-state index < -0.39 is 10.8 Å². The summed E-state index contributed by atoms with van der Waals surface area (Å²) in [6.07, 6.45) is 3.98. The molecule has 0 radical (unpaired) electrons. The molecule has 2 atom stereocenters. The zero-order chi connectivity index (χ0) is 15.9. The van der Waals surface area contributed by atoms with Gasteiger partial charge in [0, 0.05) is 42.5 Å². The van der Waals surface area contributed by atoms with E-state index in [0.717, 1.165) is 43.2 Å². The van der Waals surface area contributed by atoms with Crippen molar-refractivity contribution in [2.24, 2.45) is 0 Å². The molecule has 1 aliphatic rings. The number of hydrogen-bond donors (Lipinski definition) is 1. The molecule has 0 spiro atoms. The third kappa shape index (κ3) is 4.59. The summed E-state index contributed by atoms with van der Waals surface area (Å²) in [6, 6.07) is 14.0. The molecule has 2 heterocycles. The van der Waals surface area contributed by atoms with Crippen LogP contribution in [0.15, 0.2) is 53.6 Å². The molecule has 2 aromatic rings. The molecule has 1 saturated heterocycles. The highest BCUT2D eigenvalue weighted by molar-refractivity contribution is 7.85. The Kier molecular flexibility index (Phi) is 5.71. The van der Waals surface area contributed by atoms with E-state index in [1.165, 1.54) is 0 Å². The summed E-state index contributed by atoms with van der Waals surface area (Å²) in [5.74, 6) is 1.58. The Morgan fingerprint density at radius 1 is 1.22 bits per heavy atom. The van der Waals surface area contributed by atoms with Gasteiger partial charge in [0.15, 0.2) is 5.82 Å². The lowest BCUT2D eigenvalue weighted by Gasteiger charge is -2.33. The van der Waals surface area contributed by atoms with Gasteiger partial charge < -0.3 is 10.2 Å². The summed E-state index contributed by atoms with van der Waals surface area (Å²) in [7, 11) is -0.931. The third-order valence-corrected chi connectivity index (χ3v) is 5.40. The monoisotopic (exact) mass is 330 g/mol. The van der Waals surface area contributed by atoms with E-state index in [1.807, 2.05) is 42.5 Å². The maximum Gasteiger partial charge on any atom is 0.151 e. The maximum absolute atomic E-state index is 12.2. The van der Waals surface area contributed by atoms with Crippen molar-refractivity contribution in [1.82, 2.24) is 15.5 Å². The Bertz CT molecular complexity index is 623. The molecule has 23 heavy (non-hydrogen) atoms. The van der Waals surface area contributed by atoms with Crippen LogP contribution in [0, 0.1) is 0 Å². The summed E-state index contributed by atoms with van der Waals surface area (Å²) in [5, 5.41) is 11.7. The molecular weight excluding hydrogens is 308 g/mol. The lowest BCUT2D eigenvalue weighted by Crippen LogP contribution is -2.47. The van der Waals surface area contributed by atoms with Crippen molar-refractivity contribution in [3.63, 3.8) is 0 Å². The standard InChI is InChI=1S/C17H22N4OS/c22-23(16-7-2-1-3-8-16)13-11-18-15-6-5-12-21(14-15)17-9-4-10-19-20-17/h1-4,7-10,15,18H,5-6,11-14H2/t15-,23+/m0/s1. The van der Waals surface area contributed by atoms with E-state index in [0.29, 0.717) is 11.8 Å². The molecule has 1 fully saturated rings. The molecule has 1 aromatic carbocycles. The minimum Gasteiger partial charge on any atom is -0.354 e. The molecule has 3 rings (SSSR count). The normalized spacial score (nSPS) is 19.5. The van der Waals surface area contributed by atoms with E-state index in [-0.39, 0.29) is 0 Å². The number of piperidine rings is 1. The molecule has 0 amide bonds. The molecule has 0 saturated carbocycles. The van der Waals surface area contributed by atoms with Crippen molar-refractivity contribution in [3.8, 4) is 0 Å². The van der Waals surface area contributed by atoms with Gasteiger partial charge in [0.2, 0.25) is 0 Å². The quantitative estimate of drug-likeness (QED) is 0.876. The van der Waals surface area contributed by atoms with E-state index in [4.69, 9.17) is 0 Å². The van der Waals surface area contributed by atoms with Gasteiger partial charge in [-0.3, -0.25) is 4.21 Å². The first-order valence-electron chi connectivity index (χ1n) is 8.02. The first kappa shape index (κ1) is 16.1. The highest BCUT2D eigenvalue weighted by Crippen LogP contribution is 2.16. The number of rotatable bonds is 6. The van der Waals surface area contributed by atoms with Gasteiger partial charge >= 0.3 is 0 Å². The minimum atomic E-state index is -0.931. The van der Waals surface area contributed by atoms with Crippen LogP contribution in [0.3, 0.4) is 0 Å². The van der Waals surface area contributed by atoms with Crippen molar-refractivity contribution >= 4 is 16.6 Å². The molecule has 5 nitrogen and oxygen atoms in total. The van der Waals surface area contributed by atoms with Gasteiger partial charge in [-0.15, -0.1) is 5.10 Å². The topological polar surface area (TPSA) is 58.1 Å². The van der Waals surface area contributed by atoms with Gasteiger partial charge in [0.1, 0.15) is 0 Å². The summed E-state index contributed by atoms with van der Waals surface area (Å²) in [6.45, 7) is 2.71. The zero-order valence-electron chi connectivity index (χ0n) is 13.1. The molecule has 6 heteroatoms. The molecule has 1 aromatic heterocycles. The summed E-state index contributed by atoms with van der Waals surface area (Å²) >= 11 is 0.